The molecule has 1 aliphatic rings. The van der Waals surface area contributed by atoms with Gasteiger partial charge in [-0.15, -0.1) is 0 Å². The molecule has 0 bridgehead atoms. The molecular formula is C23H32N2O. The lowest BCUT2D eigenvalue weighted by Crippen LogP contribution is -2.43. The maximum Gasteiger partial charge on any atom is 0.223 e. The first-order chi connectivity index (χ1) is 12.2. The smallest absolute Gasteiger partial charge is 0.223 e. The summed E-state index contributed by atoms with van der Waals surface area (Å²) >= 11 is 0. The number of aromatic nitrogens is 1. The lowest BCUT2D eigenvalue weighted by atomic mass is 9.68. The number of benzene rings is 1. The van der Waals surface area contributed by atoms with Crippen LogP contribution in [0.15, 0.2) is 36.5 Å². The van der Waals surface area contributed by atoms with E-state index in [1.54, 1.807) is 0 Å². The van der Waals surface area contributed by atoms with Gasteiger partial charge in [-0.3, -0.25) is 9.78 Å². The summed E-state index contributed by atoms with van der Waals surface area (Å²) in [5, 5.41) is 4.33. The minimum Gasteiger partial charge on any atom is -0.356 e. The summed E-state index contributed by atoms with van der Waals surface area (Å²) in [4.78, 5) is 17.6. The van der Waals surface area contributed by atoms with Crippen LogP contribution < -0.4 is 5.32 Å². The van der Waals surface area contributed by atoms with E-state index < -0.39 is 0 Å². The first-order valence-corrected chi connectivity index (χ1v) is 9.85. The van der Waals surface area contributed by atoms with E-state index in [0.717, 1.165) is 23.9 Å². The Bertz CT molecular complexity index is 788. The van der Waals surface area contributed by atoms with E-state index in [1.807, 2.05) is 24.4 Å². The third-order valence-electron chi connectivity index (χ3n) is 6.10. The van der Waals surface area contributed by atoms with E-state index in [2.05, 4.69) is 57.1 Å². The van der Waals surface area contributed by atoms with Crippen LogP contribution in [0.2, 0.25) is 0 Å². The molecule has 1 aromatic heterocycles. The molecule has 1 saturated carbocycles. The summed E-state index contributed by atoms with van der Waals surface area (Å²) in [6, 6.07) is 10.4. The number of hydrogen-bond acceptors (Lipinski definition) is 2. The molecule has 0 radical (unpaired) electrons. The topological polar surface area (TPSA) is 42.0 Å². The Morgan fingerprint density at radius 1 is 1.23 bits per heavy atom. The molecule has 3 nitrogen and oxygen atoms in total. The fourth-order valence-electron chi connectivity index (χ4n) is 3.87. The van der Waals surface area contributed by atoms with Crippen LogP contribution in [0.4, 0.5) is 0 Å². The highest BCUT2D eigenvalue weighted by Crippen LogP contribution is 2.51. The Labute approximate surface area is 157 Å². The minimum absolute atomic E-state index is 0.0714. The number of carbonyl (C=O) groups is 1. The molecule has 3 heteroatoms. The molecule has 0 saturated heterocycles. The van der Waals surface area contributed by atoms with Gasteiger partial charge in [0.2, 0.25) is 5.91 Å². The highest BCUT2D eigenvalue weighted by atomic mass is 16.1. The highest BCUT2D eigenvalue weighted by Gasteiger charge is 2.48. The van der Waals surface area contributed by atoms with Crippen molar-refractivity contribution >= 4 is 16.8 Å². The van der Waals surface area contributed by atoms with Crippen molar-refractivity contribution in [1.82, 2.24) is 10.3 Å². The summed E-state index contributed by atoms with van der Waals surface area (Å²) in [6.07, 6.45) is 5.37. The van der Waals surface area contributed by atoms with E-state index in [9.17, 15) is 4.79 Å². The molecule has 140 valence electrons. The van der Waals surface area contributed by atoms with E-state index >= 15 is 0 Å². The molecule has 2 unspecified atom stereocenters. The second kappa shape index (κ2) is 7.02. The average molecular weight is 353 g/mol. The Morgan fingerprint density at radius 2 is 1.92 bits per heavy atom. The fourth-order valence-corrected chi connectivity index (χ4v) is 3.87. The number of hydrogen-bond donors (Lipinski definition) is 1. The van der Waals surface area contributed by atoms with Gasteiger partial charge in [0, 0.05) is 29.5 Å². The van der Waals surface area contributed by atoms with Crippen LogP contribution >= 0.6 is 0 Å². The normalized spacial score (nSPS) is 18.3. The van der Waals surface area contributed by atoms with Gasteiger partial charge in [-0.1, -0.05) is 52.8 Å². The molecule has 1 N–H and O–H groups in total. The molecule has 1 amide bonds. The average Bonchev–Trinajstić information content (AvgIpc) is 3.44. The zero-order chi connectivity index (χ0) is 18.9. The number of fused-ring (bicyclic) bond motifs is 1. The van der Waals surface area contributed by atoms with Crippen LogP contribution in [-0.4, -0.2) is 17.4 Å². The zero-order valence-electron chi connectivity index (χ0n) is 16.8. The lowest BCUT2D eigenvalue weighted by Gasteiger charge is -2.36. The molecule has 1 aliphatic carbocycles. The molecule has 2 aromatic rings. The predicted octanol–water partition coefficient (Wildman–Crippen LogP) is 5.09. The summed E-state index contributed by atoms with van der Waals surface area (Å²) in [6.45, 7) is 11.7. The second-order valence-corrected chi connectivity index (χ2v) is 9.30. The molecule has 1 aromatic carbocycles. The third-order valence-corrected chi connectivity index (χ3v) is 6.10. The first-order valence-electron chi connectivity index (χ1n) is 9.85. The monoisotopic (exact) mass is 352 g/mol. The van der Waals surface area contributed by atoms with Gasteiger partial charge in [0.05, 0.1) is 5.52 Å². The summed E-state index contributed by atoms with van der Waals surface area (Å²) < 4.78 is 0. The molecule has 1 fully saturated rings. The number of para-hydroxylation sites is 1. The molecule has 26 heavy (non-hydrogen) atoms. The van der Waals surface area contributed by atoms with E-state index in [0.29, 0.717) is 5.92 Å². The molecule has 0 aliphatic heterocycles. The van der Waals surface area contributed by atoms with E-state index in [4.69, 9.17) is 0 Å². The molecule has 2 atom stereocenters. The second-order valence-electron chi connectivity index (χ2n) is 9.30. The van der Waals surface area contributed by atoms with Crippen LogP contribution in [0.3, 0.4) is 0 Å². The summed E-state index contributed by atoms with van der Waals surface area (Å²) in [7, 11) is 0. The molecule has 1 heterocycles. The van der Waals surface area contributed by atoms with Crippen molar-refractivity contribution in [2.24, 2.45) is 17.3 Å². The largest absolute Gasteiger partial charge is 0.356 e. The van der Waals surface area contributed by atoms with Gasteiger partial charge < -0.3 is 5.32 Å². The van der Waals surface area contributed by atoms with Crippen molar-refractivity contribution in [3.63, 3.8) is 0 Å². The van der Waals surface area contributed by atoms with Crippen LogP contribution in [0.25, 0.3) is 10.9 Å². The van der Waals surface area contributed by atoms with Crippen LogP contribution in [0.5, 0.6) is 0 Å². The van der Waals surface area contributed by atoms with Crippen LogP contribution in [-0.2, 0) is 10.2 Å². The highest BCUT2D eigenvalue weighted by molar-refractivity contribution is 5.82. The molecular weight excluding hydrogens is 320 g/mol. The maximum absolute atomic E-state index is 12.9. The number of pyridine rings is 1. The van der Waals surface area contributed by atoms with Crippen molar-refractivity contribution in [2.75, 3.05) is 6.54 Å². The first kappa shape index (κ1) is 18.9. The number of nitrogens with one attached hydrogen (secondary N) is 1. The Morgan fingerprint density at radius 3 is 2.58 bits per heavy atom. The van der Waals surface area contributed by atoms with Gasteiger partial charge in [-0.25, -0.2) is 0 Å². The standard InChI is InChI=1S/C23H32N2O/c1-16(21(26)24-13-12-22(2,3)4)23(5,18-10-11-18)19-14-17-8-6-7-9-20(17)25-15-19/h6-9,14-16,18H,10-13H2,1-5H3,(H,24,26). The predicted molar refractivity (Wildman–Crippen MR) is 108 cm³/mol. The van der Waals surface area contributed by atoms with Crippen LogP contribution in [0, 0.1) is 17.3 Å². The van der Waals surface area contributed by atoms with Crippen molar-refractivity contribution in [1.29, 1.82) is 0 Å². The van der Waals surface area contributed by atoms with Gasteiger partial charge >= 0.3 is 0 Å². The minimum atomic E-state index is -0.164. The van der Waals surface area contributed by atoms with E-state index in [-0.39, 0.29) is 22.7 Å². The van der Waals surface area contributed by atoms with Gasteiger partial charge in [-0.05, 0) is 48.3 Å². The SMILES string of the molecule is CC(C(=O)NCCC(C)(C)C)C(C)(c1cnc2ccccc2c1)C1CC1. The van der Waals surface area contributed by atoms with Gasteiger partial charge in [0.1, 0.15) is 0 Å². The quantitative estimate of drug-likeness (QED) is 0.786. The molecule has 3 rings (SSSR count). The van der Waals surface area contributed by atoms with Gasteiger partial charge in [0.15, 0.2) is 0 Å². The maximum atomic E-state index is 12.9. The Kier molecular flexibility index (Phi) is 5.09. The van der Waals surface area contributed by atoms with Crippen molar-refractivity contribution < 1.29 is 4.79 Å². The van der Waals surface area contributed by atoms with Crippen LogP contribution in [0.1, 0.15) is 59.4 Å². The summed E-state index contributed by atoms with van der Waals surface area (Å²) in [5.74, 6) is 0.656. The molecule has 0 spiro atoms. The summed E-state index contributed by atoms with van der Waals surface area (Å²) in [5.41, 5.74) is 2.27. The van der Waals surface area contributed by atoms with Crippen molar-refractivity contribution in [2.45, 2.75) is 59.3 Å². The number of carbonyl (C=O) groups excluding carboxylic acids is 1. The lowest BCUT2D eigenvalue weighted by molar-refractivity contribution is -0.127. The zero-order valence-corrected chi connectivity index (χ0v) is 16.8. The van der Waals surface area contributed by atoms with Crippen molar-refractivity contribution in [3.05, 3.63) is 42.1 Å². The fraction of sp³-hybridized carbons (Fsp3) is 0.565. The Hall–Kier alpha value is -1.90. The third kappa shape index (κ3) is 3.92. The van der Waals surface area contributed by atoms with Gasteiger partial charge in [-0.2, -0.15) is 0 Å². The number of amides is 1. The number of rotatable bonds is 6. The van der Waals surface area contributed by atoms with Crippen molar-refractivity contribution in [3.8, 4) is 0 Å². The van der Waals surface area contributed by atoms with E-state index in [1.165, 1.54) is 18.4 Å². The Balaban J connectivity index is 1.83. The van der Waals surface area contributed by atoms with Gasteiger partial charge in [0.25, 0.3) is 0 Å². The number of nitrogens with zero attached hydrogens (tertiary/aromatic N) is 1.